The molecule has 3 nitrogen and oxygen atoms in total. The molecule has 1 rings (SSSR count). The first-order chi connectivity index (χ1) is 8.20. The Balaban J connectivity index is 2.65. The van der Waals surface area contributed by atoms with Crippen LogP contribution in [0.5, 0.6) is 0 Å². The molecule has 0 saturated heterocycles. The summed E-state index contributed by atoms with van der Waals surface area (Å²) >= 11 is 1.98. The molecule has 1 aromatic rings. The Kier molecular flexibility index (Phi) is 5.10. The molecular weight excluding hydrogens is 346 g/mol. The largest absolute Gasteiger partial charge is 0.327 e. The molecule has 0 heterocycles. The molecule has 18 heavy (non-hydrogen) atoms. The third-order valence-electron chi connectivity index (χ3n) is 2.72. The Labute approximate surface area is 120 Å². The number of nitrogens with one attached hydrogen (secondary N) is 1. The molecular formula is C13H18FIN2O. The van der Waals surface area contributed by atoms with E-state index in [0.29, 0.717) is 9.26 Å². The Morgan fingerprint density at radius 1 is 1.50 bits per heavy atom. The maximum atomic E-state index is 12.9. The van der Waals surface area contributed by atoms with Crippen molar-refractivity contribution in [2.45, 2.75) is 33.2 Å². The summed E-state index contributed by atoms with van der Waals surface area (Å²) in [6, 6.07) is 4.04. The first-order valence-electron chi connectivity index (χ1n) is 5.70. The number of carbonyl (C=O) groups is 1. The maximum Gasteiger partial charge on any atom is 0.225 e. The first-order valence-corrected chi connectivity index (χ1v) is 6.78. The van der Waals surface area contributed by atoms with Crippen LogP contribution in [0.15, 0.2) is 18.2 Å². The Morgan fingerprint density at radius 3 is 2.61 bits per heavy atom. The second-order valence-electron chi connectivity index (χ2n) is 5.35. The minimum atomic E-state index is -0.316. The van der Waals surface area contributed by atoms with Crippen LogP contribution in [0.2, 0.25) is 0 Å². The number of nitrogens with two attached hydrogens (primary N) is 1. The number of hydrogen-bond acceptors (Lipinski definition) is 2. The Hall–Kier alpha value is -0.690. The molecule has 100 valence electrons. The van der Waals surface area contributed by atoms with Crippen molar-refractivity contribution < 1.29 is 9.18 Å². The van der Waals surface area contributed by atoms with Crippen molar-refractivity contribution in [2.75, 3.05) is 5.32 Å². The third kappa shape index (κ3) is 4.53. The third-order valence-corrected chi connectivity index (χ3v) is 3.62. The number of hydrogen-bond donors (Lipinski definition) is 2. The summed E-state index contributed by atoms with van der Waals surface area (Å²) in [5.41, 5.74) is 6.44. The summed E-state index contributed by atoms with van der Waals surface area (Å²) in [6.45, 7) is 5.98. The summed E-state index contributed by atoms with van der Waals surface area (Å²) in [5, 5.41) is 2.75. The van der Waals surface area contributed by atoms with Gasteiger partial charge in [-0.25, -0.2) is 4.39 Å². The van der Waals surface area contributed by atoms with Gasteiger partial charge in [-0.05, 0) is 46.2 Å². The summed E-state index contributed by atoms with van der Waals surface area (Å²) in [6.07, 6.45) is 0.247. The van der Waals surface area contributed by atoms with E-state index in [-0.39, 0.29) is 29.6 Å². The molecule has 1 unspecified atom stereocenters. The highest BCUT2D eigenvalue weighted by atomic mass is 127. The van der Waals surface area contributed by atoms with E-state index in [4.69, 9.17) is 5.73 Å². The number of carbonyl (C=O) groups excluding carboxylic acids is 1. The molecule has 0 aromatic heterocycles. The molecule has 0 spiro atoms. The van der Waals surface area contributed by atoms with Crippen LogP contribution in [-0.4, -0.2) is 11.9 Å². The van der Waals surface area contributed by atoms with Crippen LogP contribution in [0, 0.1) is 14.8 Å². The van der Waals surface area contributed by atoms with E-state index in [0.717, 1.165) is 0 Å². The van der Waals surface area contributed by atoms with Crippen molar-refractivity contribution >= 4 is 34.2 Å². The van der Waals surface area contributed by atoms with Crippen LogP contribution in [0.4, 0.5) is 10.1 Å². The number of rotatable bonds is 3. The molecule has 1 aromatic carbocycles. The maximum absolute atomic E-state index is 12.9. The van der Waals surface area contributed by atoms with E-state index in [9.17, 15) is 9.18 Å². The lowest BCUT2D eigenvalue weighted by Crippen LogP contribution is -2.38. The highest BCUT2D eigenvalue weighted by molar-refractivity contribution is 14.1. The number of benzene rings is 1. The highest BCUT2D eigenvalue weighted by Crippen LogP contribution is 2.22. The minimum Gasteiger partial charge on any atom is -0.327 e. The van der Waals surface area contributed by atoms with Crippen molar-refractivity contribution in [3.63, 3.8) is 0 Å². The molecule has 3 N–H and O–H groups in total. The molecule has 0 aliphatic heterocycles. The van der Waals surface area contributed by atoms with E-state index in [1.807, 2.05) is 43.4 Å². The monoisotopic (exact) mass is 364 g/mol. The molecule has 0 bridgehead atoms. The number of amides is 1. The normalized spacial score (nSPS) is 13.2. The predicted molar refractivity (Wildman–Crippen MR) is 79.8 cm³/mol. The van der Waals surface area contributed by atoms with Gasteiger partial charge in [0.2, 0.25) is 5.91 Å². The number of anilines is 1. The zero-order valence-electron chi connectivity index (χ0n) is 10.8. The van der Waals surface area contributed by atoms with Crippen LogP contribution < -0.4 is 11.1 Å². The molecule has 0 radical (unpaired) electrons. The average Bonchev–Trinajstić information content (AvgIpc) is 2.20. The standard InChI is InChI=1S/C13H18FIN2O/c1-13(2,3)11(16)7-12(18)17-10-5-4-8(14)6-9(10)15/h4-6,11H,7,16H2,1-3H3,(H,17,18). The van der Waals surface area contributed by atoms with Crippen LogP contribution in [0.1, 0.15) is 27.2 Å². The smallest absolute Gasteiger partial charge is 0.225 e. The fourth-order valence-electron chi connectivity index (χ4n) is 1.30. The minimum absolute atomic E-state index is 0.118. The van der Waals surface area contributed by atoms with Gasteiger partial charge in [0.25, 0.3) is 0 Å². The van der Waals surface area contributed by atoms with Gasteiger partial charge in [-0.3, -0.25) is 4.79 Å². The molecule has 1 atom stereocenters. The van der Waals surface area contributed by atoms with Crippen molar-refractivity contribution in [3.8, 4) is 0 Å². The fourth-order valence-corrected chi connectivity index (χ4v) is 1.91. The topological polar surface area (TPSA) is 55.1 Å². The molecule has 5 heteroatoms. The lowest BCUT2D eigenvalue weighted by atomic mass is 9.85. The Morgan fingerprint density at radius 2 is 2.11 bits per heavy atom. The van der Waals surface area contributed by atoms with Gasteiger partial charge >= 0.3 is 0 Å². The Bertz CT molecular complexity index is 443. The quantitative estimate of drug-likeness (QED) is 0.810. The van der Waals surface area contributed by atoms with E-state index >= 15 is 0 Å². The van der Waals surface area contributed by atoms with Crippen LogP contribution in [0.25, 0.3) is 0 Å². The molecule has 0 saturated carbocycles. The van der Waals surface area contributed by atoms with Gasteiger partial charge in [0.1, 0.15) is 5.82 Å². The van der Waals surface area contributed by atoms with Gasteiger partial charge < -0.3 is 11.1 Å². The molecule has 0 aliphatic rings. The van der Waals surface area contributed by atoms with Crippen LogP contribution in [-0.2, 0) is 4.79 Å². The average molecular weight is 364 g/mol. The van der Waals surface area contributed by atoms with Crippen molar-refractivity contribution in [2.24, 2.45) is 11.1 Å². The van der Waals surface area contributed by atoms with Crippen LogP contribution >= 0.6 is 22.6 Å². The van der Waals surface area contributed by atoms with Gasteiger partial charge in [-0.15, -0.1) is 0 Å². The van der Waals surface area contributed by atoms with E-state index in [1.54, 1.807) is 6.07 Å². The summed E-state index contributed by atoms with van der Waals surface area (Å²) in [7, 11) is 0. The molecule has 0 aliphatic carbocycles. The van der Waals surface area contributed by atoms with Crippen molar-refractivity contribution in [1.29, 1.82) is 0 Å². The summed E-state index contributed by atoms with van der Waals surface area (Å²) < 4.78 is 13.6. The zero-order valence-corrected chi connectivity index (χ0v) is 12.9. The predicted octanol–water partition coefficient (Wildman–Crippen LogP) is 3.13. The summed E-state index contributed by atoms with van der Waals surface area (Å²) in [4.78, 5) is 11.8. The van der Waals surface area contributed by atoms with Crippen molar-refractivity contribution in [1.82, 2.24) is 0 Å². The highest BCUT2D eigenvalue weighted by Gasteiger charge is 2.23. The van der Waals surface area contributed by atoms with E-state index in [1.165, 1.54) is 12.1 Å². The van der Waals surface area contributed by atoms with E-state index in [2.05, 4.69) is 5.32 Å². The first kappa shape index (κ1) is 15.4. The van der Waals surface area contributed by atoms with Gasteiger partial charge in [0.15, 0.2) is 0 Å². The van der Waals surface area contributed by atoms with Gasteiger partial charge in [-0.2, -0.15) is 0 Å². The number of halogens is 2. The van der Waals surface area contributed by atoms with Crippen molar-refractivity contribution in [3.05, 3.63) is 27.6 Å². The second-order valence-corrected chi connectivity index (χ2v) is 6.51. The molecule has 0 fully saturated rings. The van der Waals surface area contributed by atoms with Gasteiger partial charge in [-0.1, -0.05) is 20.8 Å². The lowest BCUT2D eigenvalue weighted by Gasteiger charge is -2.26. The molecule has 1 amide bonds. The van der Waals surface area contributed by atoms with Gasteiger partial charge in [0, 0.05) is 16.0 Å². The summed E-state index contributed by atoms with van der Waals surface area (Å²) in [5.74, 6) is -0.467. The van der Waals surface area contributed by atoms with Gasteiger partial charge in [0.05, 0.1) is 5.69 Å². The zero-order chi connectivity index (χ0) is 13.9. The SMILES string of the molecule is CC(C)(C)C(N)CC(=O)Nc1ccc(F)cc1I. The lowest BCUT2D eigenvalue weighted by molar-refractivity contribution is -0.117. The fraction of sp³-hybridized carbons (Fsp3) is 0.462. The second kappa shape index (κ2) is 5.97. The van der Waals surface area contributed by atoms with E-state index < -0.39 is 0 Å². The van der Waals surface area contributed by atoms with Crippen LogP contribution in [0.3, 0.4) is 0 Å².